The summed E-state index contributed by atoms with van der Waals surface area (Å²) in [6, 6.07) is 0. The summed E-state index contributed by atoms with van der Waals surface area (Å²) >= 11 is 0. The molecule has 0 fully saturated rings. The van der Waals surface area contributed by atoms with Crippen molar-refractivity contribution in [2.75, 3.05) is 12.8 Å². The summed E-state index contributed by atoms with van der Waals surface area (Å²) < 4.78 is 14.2. The Morgan fingerprint density at radius 1 is 1.75 bits per heavy atom. The molecular weight excluding hydrogens is 121 g/mol. The lowest BCUT2D eigenvalue weighted by molar-refractivity contribution is 0.580. The van der Waals surface area contributed by atoms with Crippen LogP contribution in [0.1, 0.15) is 14.4 Å². The molecule has 3 heteroatoms. The number of hydrogen-bond acceptors (Lipinski definition) is 1. The smallest absolute Gasteiger partial charge is 0.186 e. The van der Waals surface area contributed by atoms with Crippen molar-refractivity contribution in [1.82, 2.24) is 0 Å². The third-order valence-electron chi connectivity index (χ3n) is 0.886. The predicted octanol–water partition coefficient (Wildman–Crippen LogP) is 2.25. The molecule has 0 aliphatic rings. The number of hydrogen-bond donors (Lipinski definition) is 0. The van der Waals surface area contributed by atoms with E-state index in [9.17, 15) is 4.57 Å². The van der Waals surface area contributed by atoms with Gasteiger partial charge in [-0.25, -0.2) is 4.76 Å². The maximum absolute atomic E-state index is 10.7. The number of rotatable bonds is 2. The van der Waals surface area contributed by atoms with Crippen LogP contribution in [-0.4, -0.2) is 19.5 Å². The predicted molar refractivity (Wildman–Crippen MR) is 40.4 cm³/mol. The molecule has 0 aromatic heterocycles. The molecule has 0 spiro atoms. The molecule has 0 radical (unpaired) electrons. The number of nitrogens with zero attached hydrogens (tertiary/aromatic N) is 1. The molecule has 0 aromatic carbocycles. The lowest BCUT2D eigenvalue weighted by Crippen LogP contribution is -1.73. The molecule has 0 amide bonds. The first-order valence-electron chi connectivity index (χ1n) is 2.17. The highest BCUT2D eigenvalue weighted by Crippen LogP contribution is 2.40. The minimum atomic E-state index is -2.14. The van der Waals surface area contributed by atoms with E-state index in [1.807, 2.05) is 6.92 Å². The van der Waals surface area contributed by atoms with Gasteiger partial charge >= 0.3 is 0 Å². The Balaban J connectivity index is 0. The Morgan fingerprint density at radius 2 is 2.12 bits per heavy atom. The van der Waals surface area contributed by atoms with Gasteiger partial charge in [-0.1, -0.05) is 14.4 Å². The zero-order valence-corrected chi connectivity index (χ0v) is 5.61. The molecule has 50 valence electrons. The largest absolute Gasteiger partial charge is 0.299 e. The van der Waals surface area contributed by atoms with Gasteiger partial charge in [0.2, 0.25) is 0 Å². The first-order valence-corrected chi connectivity index (χ1v) is 4.46. The Bertz CT molecular complexity index is 111. The summed E-state index contributed by atoms with van der Waals surface area (Å²) in [5.74, 6) is 0. The standard InChI is InChI=1S/C4H10NOP.CH4/c1-4-7(3,6)5-2;/h2,4H2,1,3H3;1H4. The summed E-state index contributed by atoms with van der Waals surface area (Å²) in [6.07, 6.45) is 0.622. The molecule has 1 unspecified atom stereocenters. The molecule has 0 aliphatic carbocycles. The van der Waals surface area contributed by atoms with Crippen molar-refractivity contribution in [1.29, 1.82) is 0 Å². The summed E-state index contributed by atoms with van der Waals surface area (Å²) in [6.45, 7) is 6.66. The Kier molecular flexibility index (Phi) is 5.20. The zero-order chi connectivity index (χ0) is 5.91. The molecule has 0 heterocycles. The Morgan fingerprint density at radius 3 is 2.12 bits per heavy atom. The molecule has 2 nitrogen and oxygen atoms in total. The van der Waals surface area contributed by atoms with E-state index in [4.69, 9.17) is 0 Å². The van der Waals surface area contributed by atoms with Crippen molar-refractivity contribution in [3.63, 3.8) is 0 Å². The maximum atomic E-state index is 10.7. The highest BCUT2D eigenvalue weighted by molar-refractivity contribution is 7.61. The van der Waals surface area contributed by atoms with E-state index in [2.05, 4.69) is 11.5 Å². The molecule has 8 heavy (non-hydrogen) atoms. The van der Waals surface area contributed by atoms with E-state index in [0.29, 0.717) is 6.16 Å². The lowest BCUT2D eigenvalue weighted by atomic mass is 11.0. The molecule has 0 aliphatic heterocycles. The topological polar surface area (TPSA) is 29.4 Å². The van der Waals surface area contributed by atoms with Gasteiger partial charge in [-0.15, -0.1) is 0 Å². The first kappa shape index (κ1) is 10.8. The molecule has 0 saturated heterocycles. The van der Waals surface area contributed by atoms with Gasteiger partial charge in [-0.3, -0.25) is 4.57 Å². The van der Waals surface area contributed by atoms with Crippen molar-refractivity contribution in [2.45, 2.75) is 14.4 Å². The van der Waals surface area contributed by atoms with Crippen LogP contribution in [0, 0.1) is 0 Å². The third kappa shape index (κ3) is 4.07. The second-order valence-corrected chi connectivity index (χ2v) is 4.53. The van der Waals surface area contributed by atoms with Crippen LogP contribution in [-0.2, 0) is 4.57 Å². The normalized spacial score (nSPS) is 15.8. The van der Waals surface area contributed by atoms with Crippen LogP contribution in [0.15, 0.2) is 4.76 Å². The van der Waals surface area contributed by atoms with Gasteiger partial charge in [0.25, 0.3) is 0 Å². The average Bonchev–Trinajstić information content (AvgIpc) is 1.68. The van der Waals surface area contributed by atoms with Gasteiger partial charge in [0, 0.05) is 12.8 Å². The summed E-state index contributed by atoms with van der Waals surface area (Å²) in [4.78, 5) is 0. The van der Waals surface area contributed by atoms with Crippen LogP contribution < -0.4 is 0 Å². The Labute approximate surface area is 51.4 Å². The van der Waals surface area contributed by atoms with Gasteiger partial charge in [0.05, 0.1) is 0 Å². The average molecular weight is 135 g/mol. The van der Waals surface area contributed by atoms with E-state index < -0.39 is 7.29 Å². The van der Waals surface area contributed by atoms with Crippen molar-refractivity contribution >= 4 is 14.0 Å². The molecular formula is C5H14NOP. The second kappa shape index (κ2) is 3.85. The van der Waals surface area contributed by atoms with E-state index in [-0.39, 0.29) is 7.43 Å². The first-order chi connectivity index (χ1) is 3.12. The fourth-order valence-electron chi connectivity index (χ4n) is 0.1000. The minimum Gasteiger partial charge on any atom is -0.299 e. The van der Waals surface area contributed by atoms with E-state index >= 15 is 0 Å². The summed E-state index contributed by atoms with van der Waals surface area (Å²) in [7, 11) is -2.14. The molecule has 0 aromatic rings. The molecule has 0 rings (SSSR count). The van der Waals surface area contributed by atoms with Crippen molar-refractivity contribution in [3.05, 3.63) is 0 Å². The fraction of sp³-hybridized carbons (Fsp3) is 0.800. The molecule has 0 saturated carbocycles. The van der Waals surface area contributed by atoms with Crippen LogP contribution in [0.3, 0.4) is 0 Å². The summed E-state index contributed by atoms with van der Waals surface area (Å²) in [5, 5.41) is 0. The van der Waals surface area contributed by atoms with Gasteiger partial charge < -0.3 is 0 Å². The molecule has 0 N–H and O–H groups in total. The van der Waals surface area contributed by atoms with Crippen LogP contribution in [0.2, 0.25) is 0 Å². The van der Waals surface area contributed by atoms with Crippen LogP contribution >= 0.6 is 7.29 Å². The van der Waals surface area contributed by atoms with Crippen LogP contribution in [0.4, 0.5) is 0 Å². The molecule has 1 atom stereocenters. The van der Waals surface area contributed by atoms with Gasteiger partial charge in [-0.2, -0.15) is 0 Å². The van der Waals surface area contributed by atoms with Crippen molar-refractivity contribution in [3.8, 4) is 0 Å². The fourth-order valence-corrected chi connectivity index (χ4v) is 0.300. The van der Waals surface area contributed by atoms with E-state index in [1.54, 1.807) is 6.66 Å². The van der Waals surface area contributed by atoms with Crippen LogP contribution in [0.25, 0.3) is 0 Å². The second-order valence-electron chi connectivity index (χ2n) is 1.51. The third-order valence-corrected chi connectivity index (χ3v) is 2.66. The monoisotopic (exact) mass is 135 g/mol. The van der Waals surface area contributed by atoms with E-state index in [0.717, 1.165) is 0 Å². The summed E-state index contributed by atoms with van der Waals surface area (Å²) in [5.41, 5.74) is 0. The zero-order valence-electron chi connectivity index (χ0n) is 4.72. The van der Waals surface area contributed by atoms with Gasteiger partial charge in [0.1, 0.15) is 0 Å². The maximum Gasteiger partial charge on any atom is 0.186 e. The lowest BCUT2D eigenvalue weighted by Gasteiger charge is -1.97. The molecule has 0 bridgehead atoms. The van der Waals surface area contributed by atoms with Crippen LogP contribution in [0.5, 0.6) is 0 Å². The van der Waals surface area contributed by atoms with Crippen molar-refractivity contribution in [2.24, 2.45) is 4.76 Å². The quantitative estimate of drug-likeness (QED) is 0.421. The van der Waals surface area contributed by atoms with Gasteiger partial charge in [-0.05, 0) is 6.72 Å². The minimum absolute atomic E-state index is 0. The highest BCUT2D eigenvalue weighted by Gasteiger charge is 2.04. The SMILES string of the molecule is C.C=NP(C)(=O)CC. The van der Waals surface area contributed by atoms with Crippen molar-refractivity contribution < 1.29 is 4.57 Å². The van der Waals surface area contributed by atoms with Gasteiger partial charge in [0.15, 0.2) is 7.29 Å². The van der Waals surface area contributed by atoms with E-state index in [1.165, 1.54) is 0 Å². The highest BCUT2D eigenvalue weighted by atomic mass is 31.2. The Hall–Kier alpha value is -0.100.